The van der Waals surface area contributed by atoms with Crippen LogP contribution in [0.5, 0.6) is 5.75 Å². The summed E-state index contributed by atoms with van der Waals surface area (Å²) in [4.78, 5) is 12.6. The maximum Gasteiger partial charge on any atom is 0.258 e. The number of hydrogen-bond acceptors (Lipinski definition) is 5. The zero-order valence-corrected chi connectivity index (χ0v) is 26.4. The highest BCUT2D eigenvalue weighted by molar-refractivity contribution is 6.78. The van der Waals surface area contributed by atoms with Gasteiger partial charge in [0.2, 0.25) is 5.91 Å². The molecule has 0 bridgehead atoms. The predicted molar refractivity (Wildman–Crippen MR) is 164 cm³/mol. The Morgan fingerprint density at radius 2 is 1.70 bits per heavy atom. The molecule has 0 radical (unpaired) electrons. The fourth-order valence-corrected chi connectivity index (χ4v) is 11.6. The van der Waals surface area contributed by atoms with E-state index in [9.17, 15) is 4.79 Å². The first kappa shape index (κ1) is 29.5. The lowest BCUT2D eigenvalue weighted by atomic mass is 9.99. The molecule has 0 atom stereocenters. The van der Waals surface area contributed by atoms with Gasteiger partial charge in [-0.05, 0) is 64.4 Å². The molecule has 2 aromatic heterocycles. The van der Waals surface area contributed by atoms with Gasteiger partial charge in [-0.2, -0.15) is 5.21 Å². The van der Waals surface area contributed by atoms with Crippen LogP contribution in [0.3, 0.4) is 0 Å². The Labute approximate surface area is 239 Å². The molecule has 8 nitrogen and oxygen atoms in total. The minimum atomic E-state index is -2.06. The van der Waals surface area contributed by atoms with Gasteiger partial charge in [0.1, 0.15) is 5.75 Å². The predicted octanol–water partition coefficient (Wildman–Crippen LogP) is 7.37. The molecule has 0 aliphatic heterocycles. The normalized spacial score (nSPS) is 12.3. The van der Waals surface area contributed by atoms with Crippen LogP contribution >= 0.6 is 0 Å². The van der Waals surface area contributed by atoms with Crippen molar-refractivity contribution in [3.05, 3.63) is 65.1 Å². The lowest BCUT2D eigenvalue weighted by molar-refractivity contribution is -0.115. The molecule has 0 fully saturated rings. The number of rotatable bonds is 11. The van der Waals surface area contributed by atoms with Crippen molar-refractivity contribution in [2.45, 2.75) is 97.8 Å². The van der Waals surface area contributed by atoms with Gasteiger partial charge in [-0.3, -0.25) is 4.79 Å². The first-order valence-electron chi connectivity index (χ1n) is 14.4. The molecule has 0 spiro atoms. The minimum Gasteiger partial charge on any atom is -0.542 e. The zero-order valence-electron chi connectivity index (χ0n) is 25.4. The molecule has 2 N–H and O–H groups in total. The van der Waals surface area contributed by atoms with Crippen LogP contribution in [-0.2, 0) is 17.8 Å². The Bertz CT molecular complexity index is 1430. The fraction of sp³-hybridized carbons (Fsp3) is 0.484. The van der Waals surface area contributed by atoms with E-state index < -0.39 is 8.32 Å². The highest BCUT2D eigenvalue weighted by atomic mass is 28.4. The molecule has 2 aromatic carbocycles. The molecule has 2 heterocycles. The second kappa shape index (κ2) is 12.0. The fourth-order valence-electron chi connectivity index (χ4n) is 6.32. The van der Waals surface area contributed by atoms with Gasteiger partial charge in [0.25, 0.3) is 8.32 Å². The van der Waals surface area contributed by atoms with E-state index in [1.54, 1.807) is 0 Å². The van der Waals surface area contributed by atoms with Crippen LogP contribution in [-0.4, -0.2) is 39.4 Å². The van der Waals surface area contributed by atoms with Gasteiger partial charge in [-0.25, -0.2) is 0 Å². The summed E-state index contributed by atoms with van der Waals surface area (Å²) in [6.07, 6.45) is 2.16. The van der Waals surface area contributed by atoms with Gasteiger partial charge in [-0.1, -0.05) is 78.8 Å². The number of nitrogens with one attached hydrogen (secondary N) is 2. The molecular weight excluding hydrogens is 516 g/mol. The van der Waals surface area contributed by atoms with Gasteiger partial charge in [-0.15, -0.1) is 10.2 Å². The largest absolute Gasteiger partial charge is 0.542 e. The molecule has 0 saturated carbocycles. The second-order valence-electron chi connectivity index (χ2n) is 12.1. The summed E-state index contributed by atoms with van der Waals surface area (Å²) in [5.41, 5.74) is 7.08. The first-order valence-corrected chi connectivity index (χ1v) is 16.5. The number of carbonyl (C=O) groups excluding carboxylic acids is 1. The summed E-state index contributed by atoms with van der Waals surface area (Å²) in [5, 5.41) is 17.7. The van der Waals surface area contributed by atoms with E-state index in [2.05, 4.69) is 123 Å². The molecule has 1 amide bonds. The zero-order chi connectivity index (χ0) is 29.2. The number of hydrogen-bond donors (Lipinski definition) is 2. The maximum absolute atomic E-state index is 12.6. The number of aromatic nitrogens is 5. The van der Waals surface area contributed by atoms with E-state index in [1.165, 1.54) is 11.1 Å². The van der Waals surface area contributed by atoms with Crippen LogP contribution in [0.25, 0.3) is 10.9 Å². The third-order valence-corrected chi connectivity index (χ3v) is 14.1. The Morgan fingerprint density at radius 1 is 1.00 bits per heavy atom. The van der Waals surface area contributed by atoms with Crippen molar-refractivity contribution in [2.75, 3.05) is 5.32 Å². The molecule has 4 aromatic rings. The monoisotopic (exact) mass is 560 g/mol. The highest BCUT2D eigenvalue weighted by Crippen LogP contribution is 2.44. The quantitative estimate of drug-likeness (QED) is 0.187. The average Bonchev–Trinajstić information content (AvgIpc) is 3.54. The van der Waals surface area contributed by atoms with Gasteiger partial charge >= 0.3 is 0 Å². The first-order chi connectivity index (χ1) is 18.9. The SMILES string of the molecule is Cc1ccc(NC(=O)Cc2nn[nH]n2)c2ccn(Cc3ccc(O[Si](C(C)C)(C(C)C)C(C)C)c(C(C)C)c3)c12. The van der Waals surface area contributed by atoms with Crippen LogP contribution in [0.15, 0.2) is 42.6 Å². The van der Waals surface area contributed by atoms with Crippen molar-refractivity contribution in [2.24, 2.45) is 0 Å². The van der Waals surface area contributed by atoms with Gasteiger partial charge in [0.15, 0.2) is 5.82 Å². The van der Waals surface area contributed by atoms with Crippen molar-refractivity contribution in [1.82, 2.24) is 25.2 Å². The Morgan fingerprint density at radius 3 is 2.30 bits per heavy atom. The van der Waals surface area contributed by atoms with E-state index in [1.807, 2.05) is 12.1 Å². The van der Waals surface area contributed by atoms with Crippen LogP contribution in [0.1, 0.15) is 83.8 Å². The molecule has 214 valence electrons. The molecule has 4 rings (SSSR count). The summed E-state index contributed by atoms with van der Waals surface area (Å²) < 4.78 is 9.38. The molecule has 0 aliphatic carbocycles. The summed E-state index contributed by atoms with van der Waals surface area (Å²) in [7, 11) is -2.06. The summed E-state index contributed by atoms with van der Waals surface area (Å²) >= 11 is 0. The number of H-pyrrole nitrogens is 1. The third kappa shape index (κ3) is 5.84. The summed E-state index contributed by atoms with van der Waals surface area (Å²) in [6.45, 7) is 21.3. The molecule has 0 aliphatic rings. The van der Waals surface area contributed by atoms with Crippen molar-refractivity contribution < 1.29 is 9.22 Å². The number of aryl methyl sites for hydroxylation is 1. The number of amides is 1. The van der Waals surface area contributed by atoms with Crippen LogP contribution < -0.4 is 9.74 Å². The second-order valence-corrected chi connectivity index (χ2v) is 17.5. The van der Waals surface area contributed by atoms with Crippen LogP contribution in [0, 0.1) is 6.92 Å². The number of nitrogens with zero attached hydrogens (tertiary/aromatic N) is 4. The van der Waals surface area contributed by atoms with Crippen molar-refractivity contribution in [1.29, 1.82) is 0 Å². The van der Waals surface area contributed by atoms with Crippen LogP contribution in [0.2, 0.25) is 16.6 Å². The molecule has 0 unspecified atom stereocenters. The van der Waals surface area contributed by atoms with Gasteiger partial charge < -0.3 is 14.3 Å². The van der Waals surface area contributed by atoms with E-state index >= 15 is 0 Å². The van der Waals surface area contributed by atoms with Crippen LogP contribution in [0.4, 0.5) is 5.69 Å². The number of fused-ring (bicyclic) bond motifs is 1. The van der Waals surface area contributed by atoms with Gasteiger partial charge in [0.05, 0.1) is 17.6 Å². The Hall–Kier alpha value is -3.46. The lowest BCUT2D eigenvalue weighted by Gasteiger charge is -2.43. The standard InChI is InChI=1S/C31H44N6O2Si/c1-19(2)26-16-24(11-13-28(26)39-40(20(3)4,21(5)6)22(7)8)18-37-15-14-25-27(12-10-23(9)31(25)37)32-30(38)17-29-33-35-36-34-29/h10-16,19-22H,17-18H2,1-9H3,(H,32,38)(H,33,34,35,36). The Balaban J connectivity index is 1.63. The molecule has 40 heavy (non-hydrogen) atoms. The number of aromatic amines is 1. The smallest absolute Gasteiger partial charge is 0.258 e. The van der Waals surface area contributed by atoms with E-state index in [0.717, 1.165) is 34.4 Å². The molecule has 9 heteroatoms. The Kier molecular flexibility index (Phi) is 8.82. The highest BCUT2D eigenvalue weighted by Gasteiger charge is 2.47. The number of tetrazole rings is 1. The van der Waals surface area contributed by atoms with Gasteiger partial charge in [0, 0.05) is 18.1 Å². The summed E-state index contributed by atoms with van der Waals surface area (Å²) in [5.74, 6) is 1.57. The molecular formula is C31H44N6O2Si. The third-order valence-electron chi connectivity index (χ3n) is 8.15. The summed E-state index contributed by atoms with van der Waals surface area (Å²) in [6, 6.07) is 12.8. The van der Waals surface area contributed by atoms with E-state index in [4.69, 9.17) is 4.43 Å². The number of carbonyl (C=O) groups is 1. The van der Waals surface area contributed by atoms with E-state index in [0.29, 0.717) is 28.4 Å². The van der Waals surface area contributed by atoms with Crippen molar-refractivity contribution in [3.63, 3.8) is 0 Å². The average molecular weight is 561 g/mol. The topological polar surface area (TPSA) is 97.7 Å². The minimum absolute atomic E-state index is 0.0630. The number of benzene rings is 2. The number of anilines is 1. The van der Waals surface area contributed by atoms with Crippen molar-refractivity contribution in [3.8, 4) is 5.75 Å². The van der Waals surface area contributed by atoms with E-state index in [-0.39, 0.29) is 12.3 Å². The maximum atomic E-state index is 12.6. The van der Waals surface area contributed by atoms with Crippen molar-refractivity contribution >= 4 is 30.8 Å². The molecule has 0 saturated heterocycles. The lowest BCUT2D eigenvalue weighted by Crippen LogP contribution is -2.50.